The van der Waals surface area contributed by atoms with E-state index in [0.717, 1.165) is 0 Å². The van der Waals surface area contributed by atoms with E-state index in [2.05, 4.69) is 31.1 Å². The van der Waals surface area contributed by atoms with Crippen LogP contribution < -0.4 is 10.6 Å². The van der Waals surface area contributed by atoms with E-state index in [1.165, 1.54) is 6.26 Å². The van der Waals surface area contributed by atoms with Crippen molar-refractivity contribution in [2.75, 3.05) is 6.54 Å². The van der Waals surface area contributed by atoms with Gasteiger partial charge in [0.2, 0.25) is 11.7 Å². The number of likely N-dealkylation sites (tertiary alicyclic amines) is 1. The third-order valence-corrected chi connectivity index (χ3v) is 9.66. The van der Waals surface area contributed by atoms with Crippen LogP contribution in [0.5, 0.6) is 0 Å². The predicted octanol–water partition coefficient (Wildman–Crippen LogP) is 5.02. The summed E-state index contributed by atoms with van der Waals surface area (Å²) in [6.45, 7) is 18.9. The molecule has 11 heteroatoms. The Balaban J connectivity index is 1.78. The average molecular weight is 656 g/mol. The van der Waals surface area contributed by atoms with Gasteiger partial charge in [-0.1, -0.05) is 67.9 Å². The van der Waals surface area contributed by atoms with Gasteiger partial charge in [0.05, 0.1) is 12.3 Å². The van der Waals surface area contributed by atoms with Crippen LogP contribution in [0.4, 0.5) is 4.79 Å². The number of piperidine rings is 1. The molecule has 47 heavy (non-hydrogen) atoms. The minimum absolute atomic E-state index is 0.0584. The van der Waals surface area contributed by atoms with E-state index >= 15 is 0 Å². The number of ether oxygens (including phenoxy) is 1. The maximum atomic E-state index is 14.3. The Kier molecular flexibility index (Phi) is 12.4. The molecule has 0 aromatic carbocycles. The molecule has 2 aliphatic rings. The lowest BCUT2D eigenvalue weighted by atomic mass is 9.84. The zero-order valence-corrected chi connectivity index (χ0v) is 29.2. The van der Waals surface area contributed by atoms with Crippen LogP contribution >= 0.6 is 0 Å². The Bertz CT molecular complexity index is 1330. The lowest BCUT2D eigenvalue weighted by Gasteiger charge is -2.38. The van der Waals surface area contributed by atoms with Gasteiger partial charge in [-0.05, 0) is 53.6 Å². The molecule has 2 N–H and O–H groups in total. The number of Topliss-reactive ketones (excluding diaryl/α,β-unsaturated/α-hetero) is 3. The highest BCUT2D eigenvalue weighted by molar-refractivity contribution is 6.38. The summed E-state index contributed by atoms with van der Waals surface area (Å²) in [7, 11) is 0. The van der Waals surface area contributed by atoms with E-state index in [1.807, 2.05) is 27.7 Å². The van der Waals surface area contributed by atoms with Crippen LogP contribution in [-0.2, 0) is 35.3 Å². The molecule has 3 rings (SSSR count). The first-order valence-corrected chi connectivity index (χ1v) is 16.7. The highest BCUT2D eigenvalue weighted by atomic mass is 16.5. The number of ketones is 3. The van der Waals surface area contributed by atoms with Crippen LogP contribution in [0.3, 0.4) is 0 Å². The highest BCUT2D eigenvalue weighted by Gasteiger charge is 2.69. The molecule has 0 bridgehead atoms. The standard InChI is InChI=1S/C36H53N3O8/c1-10-12-16-25(40)30(42)22(14-11-2)18-26(41)29-27-24(36(27,8)9)19-39(29)32(43)31(35(5,6)7)38-34(45)37-28(21(3)4)33(44)47-20-23-15-13-17-46-23/h10,13,15,17,21-22,24,27-29,31H,1,11-12,14,16,18-20H2,2-9H3,(H2,37,38,45)/t22?,24-,27-,28-,29+,31+/m0/s1. The zero-order chi connectivity index (χ0) is 35.3. The predicted molar refractivity (Wildman–Crippen MR) is 176 cm³/mol. The quantitative estimate of drug-likeness (QED) is 0.135. The molecule has 1 aromatic heterocycles. The zero-order valence-electron chi connectivity index (χ0n) is 29.2. The van der Waals surface area contributed by atoms with Crippen LogP contribution in [0.1, 0.15) is 93.3 Å². The lowest BCUT2D eigenvalue weighted by Crippen LogP contribution is -2.61. The third kappa shape index (κ3) is 8.99. The summed E-state index contributed by atoms with van der Waals surface area (Å²) < 4.78 is 10.6. The molecule has 1 saturated heterocycles. The second-order valence-electron chi connectivity index (χ2n) is 15.0. The van der Waals surface area contributed by atoms with Gasteiger partial charge in [-0.2, -0.15) is 0 Å². The third-order valence-electron chi connectivity index (χ3n) is 9.66. The molecule has 11 nitrogen and oxygen atoms in total. The number of carbonyl (C=O) groups is 6. The van der Waals surface area contributed by atoms with Gasteiger partial charge in [-0.15, -0.1) is 6.58 Å². The van der Waals surface area contributed by atoms with Crippen molar-refractivity contribution < 1.29 is 37.9 Å². The SMILES string of the molecule is C=CCCC(=O)C(=O)C(CCC)CC(=O)[C@@H]1[C@@H]2[C@H](CN1C(=O)[C@@H](NC(=O)N[C@H](C(=O)OCc1ccco1)C(C)C)C(C)(C)C)C2(C)C. The van der Waals surface area contributed by atoms with Gasteiger partial charge in [0.25, 0.3) is 0 Å². The number of esters is 1. The summed E-state index contributed by atoms with van der Waals surface area (Å²) in [5.74, 6) is -2.93. The van der Waals surface area contributed by atoms with E-state index in [-0.39, 0.29) is 48.4 Å². The fraction of sp³-hybridized carbons (Fsp3) is 0.667. The van der Waals surface area contributed by atoms with Gasteiger partial charge < -0.3 is 24.7 Å². The van der Waals surface area contributed by atoms with Gasteiger partial charge in [-0.25, -0.2) is 9.59 Å². The number of nitrogens with one attached hydrogen (secondary N) is 2. The molecule has 3 amide bonds. The van der Waals surface area contributed by atoms with Crippen molar-refractivity contribution in [1.82, 2.24) is 15.5 Å². The lowest BCUT2D eigenvalue weighted by molar-refractivity contribution is -0.149. The topological polar surface area (TPSA) is 152 Å². The van der Waals surface area contributed by atoms with Gasteiger partial charge in [-0.3, -0.25) is 19.2 Å². The van der Waals surface area contributed by atoms with Gasteiger partial charge in [0, 0.05) is 25.3 Å². The molecule has 1 unspecified atom stereocenters. The summed E-state index contributed by atoms with van der Waals surface area (Å²) in [6.07, 6.45) is 4.40. The molecule has 0 radical (unpaired) electrons. The number of fused-ring (bicyclic) bond motifs is 1. The van der Waals surface area contributed by atoms with Crippen LogP contribution in [0.15, 0.2) is 35.5 Å². The van der Waals surface area contributed by atoms with Crippen molar-refractivity contribution in [3.8, 4) is 0 Å². The van der Waals surface area contributed by atoms with Gasteiger partial charge >= 0.3 is 12.0 Å². The Morgan fingerprint density at radius 2 is 1.83 bits per heavy atom. The number of hydrogen-bond donors (Lipinski definition) is 2. The fourth-order valence-electron chi connectivity index (χ4n) is 6.76. The number of amides is 3. The molecule has 1 aliphatic carbocycles. The summed E-state index contributed by atoms with van der Waals surface area (Å²) in [5, 5.41) is 5.45. The van der Waals surface area contributed by atoms with E-state index in [9.17, 15) is 28.8 Å². The minimum Gasteiger partial charge on any atom is -0.466 e. The molecule has 2 fully saturated rings. The number of allylic oxidation sites excluding steroid dienone is 1. The molecular weight excluding hydrogens is 602 g/mol. The molecule has 1 aromatic rings. The Morgan fingerprint density at radius 1 is 1.15 bits per heavy atom. The number of carbonyl (C=O) groups excluding carboxylic acids is 6. The van der Waals surface area contributed by atoms with Crippen LogP contribution in [-0.4, -0.2) is 64.8 Å². The monoisotopic (exact) mass is 655 g/mol. The number of nitrogens with zero attached hydrogens (tertiary/aromatic N) is 1. The minimum atomic E-state index is -1.03. The van der Waals surface area contributed by atoms with Gasteiger partial charge in [0.1, 0.15) is 24.5 Å². The van der Waals surface area contributed by atoms with Crippen molar-refractivity contribution in [1.29, 1.82) is 0 Å². The summed E-state index contributed by atoms with van der Waals surface area (Å²) >= 11 is 0. The van der Waals surface area contributed by atoms with Crippen LogP contribution in [0.2, 0.25) is 0 Å². The first kappa shape index (κ1) is 37.7. The van der Waals surface area contributed by atoms with Crippen LogP contribution in [0, 0.1) is 34.5 Å². The first-order valence-electron chi connectivity index (χ1n) is 16.7. The first-order chi connectivity index (χ1) is 21.9. The van der Waals surface area contributed by atoms with E-state index in [4.69, 9.17) is 9.15 Å². The number of furan rings is 1. The molecule has 0 spiro atoms. The molecule has 6 atom stereocenters. The fourth-order valence-corrected chi connectivity index (χ4v) is 6.76. The molecule has 1 saturated carbocycles. The van der Waals surface area contributed by atoms with Crippen molar-refractivity contribution in [2.24, 2.45) is 34.5 Å². The molecule has 260 valence electrons. The molecule has 1 aliphatic heterocycles. The molecular formula is C36H53N3O8. The maximum absolute atomic E-state index is 14.3. The highest BCUT2D eigenvalue weighted by Crippen LogP contribution is 2.65. The average Bonchev–Trinajstić information content (AvgIpc) is 3.42. The van der Waals surface area contributed by atoms with E-state index in [0.29, 0.717) is 31.6 Å². The smallest absolute Gasteiger partial charge is 0.329 e. The number of rotatable bonds is 17. The Morgan fingerprint density at radius 3 is 2.38 bits per heavy atom. The maximum Gasteiger partial charge on any atom is 0.329 e. The number of hydrogen-bond acceptors (Lipinski definition) is 8. The summed E-state index contributed by atoms with van der Waals surface area (Å²) in [6, 6.07) is -0.156. The van der Waals surface area contributed by atoms with Gasteiger partial charge in [0.15, 0.2) is 11.6 Å². The van der Waals surface area contributed by atoms with Crippen LogP contribution in [0.25, 0.3) is 0 Å². The second kappa shape index (κ2) is 15.4. The largest absolute Gasteiger partial charge is 0.466 e. The van der Waals surface area contributed by atoms with Crippen molar-refractivity contribution in [3.63, 3.8) is 0 Å². The Labute approximate surface area is 278 Å². The normalized spacial score (nSPS) is 21.6. The van der Waals surface area contributed by atoms with E-state index in [1.54, 1.807) is 37.0 Å². The van der Waals surface area contributed by atoms with Crippen molar-refractivity contribution in [3.05, 3.63) is 36.8 Å². The second-order valence-corrected chi connectivity index (χ2v) is 15.0. The number of urea groups is 1. The summed E-state index contributed by atoms with van der Waals surface area (Å²) in [5.41, 5.74) is -0.917. The van der Waals surface area contributed by atoms with E-state index < -0.39 is 58.9 Å². The molecule has 2 heterocycles. The van der Waals surface area contributed by atoms with Crippen molar-refractivity contribution >= 4 is 35.3 Å². The summed E-state index contributed by atoms with van der Waals surface area (Å²) in [4.78, 5) is 81.7. The van der Waals surface area contributed by atoms with Crippen molar-refractivity contribution in [2.45, 2.75) is 112 Å². The Hall–Kier alpha value is -3.76.